The highest BCUT2D eigenvalue weighted by atomic mass is 35.5. The minimum Gasteiger partial charge on any atom is -0.368 e. The van der Waals surface area contributed by atoms with Crippen LogP contribution in [0.5, 0.6) is 0 Å². The van der Waals surface area contributed by atoms with Crippen LogP contribution in [-0.2, 0) is 0 Å². The summed E-state index contributed by atoms with van der Waals surface area (Å²) in [5.74, 6) is 0. The standard InChI is InChI=1S/C23H22ClN5OS/c1-15-6-5-8-18(16(15)2)27-10-12-28(13-11-27)19-14-25-29(22(30)21(19)24)23-26-17-7-3-4-9-20(17)31-23/h3-9,14H,10-13H2,1-2H3. The Bertz CT molecular complexity index is 1290. The number of piperazine rings is 1. The predicted molar refractivity (Wildman–Crippen MR) is 128 cm³/mol. The van der Waals surface area contributed by atoms with Gasteiger partial charge >= 0.3 is 0 Å². The first kappa shape index (κ1) is 20.0. The molecular formula is C23H22ClN5OS. The van der Waals surface area contributed by atoms with E-state index in [0.29, 0.717) is 10.8 Å². The van der Waals surface area contributed by atoms with E-state index in [-0.39, 0.29) is 10.6 Å². The van der Waals surface area contributed by atoms with Gasteiger partial charge in [-0.15, -0.1) is 0 Å². The third kappa shape index (κ3) is 3.58. The molecule has 0 saturated carbocycles. The van der Waals surface area contributed by atoms with Crippen LogP contribution in [0.2, 0.25) is 5.02 Å². The van der Waals surface area contributed by atoms with Gasteiger partial charge in [-0.25, -0.2) is 4.98 Å². The predicted octanol–water partition coefficient (Wildman–Crippen LogP) is 4.44. The van der Waals surface area contributed by atoms with Crippen LogP contribution in [0.4, 0.5) is 11.4 Å². The molecule has 0 N–H and O–H groups in total. The molecule has 0 spiro atoms. The Balaban J connectivity index is 1.39. The molecule has 0 amide bonds. The van der Waals surface area contributed by atoms with Crippen LogP contribution in [0.3, 0.4) is 0 Å². The Morgan fingerprint density at radius 3 is 2.39 bits per heavy atom. The molecule has 2 aromatic carbocycles. The summed E-state index contributed by atoms with van der Waals surface area (Å²) in [4.78, 5) is 22.0. The van der Waals surface area contributed by atoms with Crippen LogP contribution in [0.1, 0.15) is 11.1 Å². The number of rotatable bonds is 3. The van der Waals surface area contributed by atoms with Gasteiger partial charge in [-0.3, -0.25) is 4.79 Å². The number of aryl methyl sites for hydroxylation is 1. The molecule has 158 valence electrons. The van der Waals surface area contributed by atoms with Gasteiger partial charge in [-0.05, 0) is 43.2 Å². The van der Waals surface area contributed by atoms with E-state index in [1.54, 1.807) is 6.20 Å². The second-order valence-corrected chi connectivity index (χ2v) is 9.11. The third-order valence-corrected chi connectivity index (χ3v) is 7.27. The Morgan fingerprint density at radius 2 is 1.65 bits per heavy atom. The molecule has 0 unspecified atom stereocenters. The molecule has 0 bridgehead atoms. The maximum Gasteiger partial charge on any atom is 0.294 e. The molecule has 0 radical (unpaired) electrons. The Morgan fingerprint density at radius 1 is 0.935 bits per heavy atom. The van der Waals surface area contributed by atoms with E-state index in [0.717, 1.165) is 36.4 Å². The number of hydrogen-bond acceptors (Lipinski definition) is 6. The lowest BCUT2D eigenvalue weighted by Crippen LogP contribution is -2.47. The summed E-state index contributed by atoms with van der Waals surface area (Å²) in [6.45, 7) is 7.59. The first-order chi connectivity index (χ1) is 15.0. The van der Waals surface area contributed by atoms with Crippen molar-refractivity contribution in [1.29, 1.82) is 0 Å². The highest BCUT2D eigenvalue weighted by Crippen LogP contribution is 2.28. The number of benzene rings is 2. The Hall–Kier alpha value is -2.90. The molecule has 1 aliphatic rings. The summed E-state index contributed by atoms with van der Waals surface area (Å²) >= 11 is 7.95. The summed E-state index contributed by atoms with van der Waals surface area (Å²) in [5, 5.41) is 5.11. The Labute approximate surface area is 189 Å². The van der Waals surface area contributed by atoms with Crippen molar-refractivity contribution in [3.05, 3.63) is 75.2 Å². The van der Waals surface area contributed by atoms with Gasteiger partial charge in [0.25, 0.3) is 5.56 Å². The van der Waals surface area contributed by atoms with Crippen LogP contribution < -0.4 is 15.4 Å². The fraction of sp³-hybridized carbons (Fsp3) is 0.261. The lowest BCUT2D eigenvalue weighted by molar-refractivity contribution is 0.647. The highest BCUT2D eigenvalue weighted by molar-refractivity contribution is 7.20. The van der Waals surface area contributed by atoms with E-state index in [4.69, 9.17) is 11.6 Å². The molecule has 2 aromatic heterocycles. The zero-order chi connectivity index (χ0) is 21.5. The van der Waals surface area contributed by atoms with Crippen LogP contribution in [0.25, 0.3) is 15.3 Å². The number of aromatic nitrogens is 3. The molecule has 1 aliphatic heterocycles. The normalized spacial score (nSPS) is 14.4. The molecule has 6 nitrogen and oxygen atoms in total. The summed E-state index contributed by atoms with van der Waals surface area (Å²) in [7, 11) is 0. The molecule has 31 heavy (non-hydrogen) atoms. The summed E-state index contributed by atoms with van der Waals surface area (Å²) in [5.41, 5.74) is 5.08. The number of nitrogens with zero attached hydrogens (tertiary/aromatic N) is 5. The molecule has 3 heterocycles. The number of anilines is 2. The topological polar surface area (TPSA) is 54.3 Å². The van der Waals surface area contributed by atoms with Gasteiger partial charge in [0.2, 0.25) is 5.13 Å². The minimum absolute atomic E-state index is 0.189. The third-order valence-electron chi connectivity index (χ3n) is 5.90. The SMILES string of the molecule is Cc1cccc(N2CCN(c3cnn(-c4nc5ccccc5s4)c(=O)c3Cl)CC2)c1C. The second-order valence-electron chi connectivity index (χ2n) is 7.72. The van der Waals surface area contributed by atoms with E-state index < -0.39 is 0 Å². The largest absolute Gasteiger partial charge is 0.368 e. The first-order valence-corrected chi connectivity index (χ1v) is 11.4. The van der Waals surface area contributed by atoms with Crippen LogP contribution in [0.15, 0.2) is 53.5 Å². The summed E-state index contributed by atoms with van der Waals surface area (Å²) < 4.78 is 2.30. The van der Waals surface area contributed by atoms with E-state index >= 15 is 0 Å². The second kappa shape index (κ2) is 7.98. The fourth-order valence-corrected chi connectivity index (χ4v) is 5.17. The monoisotopic (exact) mass is 451 g/mol. The highest BCUT2D eigenvalue weighted by Gasteiger charge is 2.23. The first-order valence-electron chi connectivity index (χ1n) is 10.2. The molecule has 1 fully saturated rings. The quantitative estimate of drug-likeness (QED) is 0.461. The zero-order valence-electron chi connectivity index (χ0n) is 17.4. The number of fused-ring (bicyclic) bond motifs is 1. The smallest absolute Gasteiger partial charge is 0.294 e. The van der Waals surface area contributed by atoms with Gasteiger partial charge in [0, 0.05) is 31.9 Å². The Kier molecular flexibility index (Phi) is 5.16. The fourth-order valence-electron chi connectivity index (χ4n) is 4.00. The van der Waals surface area contributed by atoms with Crippen LogP contribution >= 0.6 is 22.9 Å². The minimum atomic E-state index is -0.338. The van der Waals surface area contributed by atoms with E-state index in [2.05, 4.69) is 51.9 Å². The van der Waals surface area contributed by atoms with Crippen molar-refractivity contribution in [1.82, 2.24) is 14.8 Å². The van der Waals surface area contributed by atoms with E-state index in [9.17, 15) is 4.79 Å². The van der Waals surface area contributed by atoms with Crippen molar-refractivity contribution < 1.29 is 0 Å². The van der Waals surface area contributed by atoms with Crippen LogP contribution in [-0.4, -0.2) is 40.9 Å². The number of thiazole rings is 1. The molecule has 0 aliphatic carbocycles. The zero-order valence-corrected chi connectivity index (χ0v) is 19.0. The van der Waals surface area contributed by atoms with Crippen LogP contribution in [0, 0.1) is 13.8 Å². The van der Waals surface area contributed by atoms with Crippen molar-refractivity contribution in [3.63, 3.8) is 0 Å². The molecule has 0 atom stereocenters. The number of hydrogen-bond donors (Lipinski definition) is 0. The molecule has 4 aromatic rings. The van der Waals surface area contributed by atoms with E-state index in [1.165, 1.54) is 32.8 Å². The lowest BCUT2D eigenvalue weighted by atomic mass is 10.1. The van der Waals surface area contributed by atoms with Crippen molar-refractivity contribution in [2.45, 2.75) is 13.8 Å². The summed E-state index contributed by atoms with van der Waals surface area (Å²) in [6.07, 6.45) is 1.68. The van der Waals surface area contributed by atoms with Gasteiger partial charge in [0.05, 0.1) is 22.1 Å². The number of para-hydroxylation sites is 1. The van der Waals surface area contributed by atoms with Crippen molar-refractivity contribution >= 4 is 44.5 Å². The lowest BCUT2D eigenvalue weighted by Gasteiger charge is -2.38. The molecule has 5 rings (SSSR count). The van der Waals surface area contributed by atoms with Crippen molar-refractivity contribution in [2.24, 2.45) is 0 Å². The van der Waals surface area contributed by atoms with Crippen molar-refractivity contribution in [2.75, 3.05) is 36.0 Å². The van der Waals surface area contributed by atoms with E-state index in [1.807, 2.05) is 24.3 Å². The van der Waals surface area contributed by atoms with Gasteiger partial charge < -0.3 is 9.80 Å². The summed E-state index contributed by atoms with van der Waals surface area (Å²) in [6, 6.07) is 14.2. The maximum absolute atomic E-state index is 13.0. The number of halogens is 1. The molecule has 1 saturated heterocycles. The molecular weight excluding hydrogens is 430 g/mol. The maximum atomic E-state index is 13.0. The van der Waals surface area contributed by atoms with Gasteiger partial charge in [-0.2, -0.15) is 9.78 Å². The molecule has 8 heteroatoms. The van der Waals surface area contributed by atoms with Gasteiger partial charge in [0.1, 0.15) is 5.02 Å². The van der Waals surface area contributed by atoms with Gasteiger partial charge in [-0.1, -0.05) is 47.2 Å². The average Bonchev–Trinajstić information content (AvgIpc) is 3.22. The average molecular weight is 452 g/mol. The van der Waals surface area contributed by atoms with Crippen molar-refractivity contribution in [3.8, 4) is 5.13 Å². The van der Waals surface area contributed by atoms with Gasteiger partial charge in [0.15, 0.2) is 0 Å².